The summed E-state index contributed by atoms with van der Waals surface area (Å²) in [5.41, 5.74) is 1.72. The molecule has 0 saturated heterocycles. The highest BCUT2D eigenvalue weighted by atomic mass is 32.2. The van der Waals surface area contributed by atoms with E-state index in [1.54, 1.807) is 12.1 Å². The molecule has 0 heterocycles. The lowest BCUT2D eigenvalue weighted by Crippen LogP contribution is -2.14. The molecule has 1 aromatic rings. The van der Waals surface area contributed by atoms with Gasteiger partial charge in [-0.25, -0.2) is 13.2 Å². The average Bonchev–Trinajstić information content (AvgIpc) is 2.49. The number of hydrogen-bond donors (Lipinski definition) is 0. The van der Waals surface area contributed by atoms with Crippen LogP contribution >= 0.6 is 0 Å². The molecular weight excluding hydrogens is 300 g/mol. The van der Waals surface area contributed by atoms with Gasteiger partial charge in [-0.15, -0.1) is 0 Å². The Balaban J connectivity index is 3.56. The first-order valence-electron chi connectivity index (χ1n) is 7.71. The molecule has 0 amide bonds. The van der Waals surface area contributed by atoms with Gasteiger partial charge in [0.2, 0.25) is 0 Å². The van der Waals surface area contributed by atoms with E-state index in [0.29, 0.717) is 22.4 Å². The summed E-state index contributed by atoms with van der Waals surface area (Å²) >= 11 is 0. The van der Waals surface area contributed by atoms with Crippen LogP contribution in [-0.4, -0.2) is 27.8 Å². The summed E-state index contributed by atoms with van der Waals surface area (Å²) in [7, 11) is -2.11. The number of unbranched alkanes of at least 4 members (excludes halogenated alkanes) is 1. The standard InChI is InChI=1S/C17H26O4S/c1-6-8-9-12(3)14-10-11-15(17(18)21-4)13(7-2)16(14)22(5,19)20/h10-12H,6-9H2,1-5H3. The summed E-state index contributed by atoms with van der Waals surface area (Å²) in [6.45, 7) is 6.01. The van der Waals surface area contributed by atoms with E-state index in [0.717, 1.165) is 24.8 Å². The van der Waals surface area contributed by atoms with Gasteiger partial charge in [-0.2, -0.15) is 0 Å². The molecule has 1 aromatic carbocycles. The first-order valence-corrected chi connectivity index (χ1v) is 9.61. The molecule has 0 N–H and O–H groups in total. The summed E-state index contributed by atoms with van der Waals surface area (Å²) in [5.74, 6) is -0.351. The van der Waals surface area contributed by atoms with Crippen LogP contribution in [0.3, 0.4) is 0 Å². The van der Waals surface area contributed by atoms with E-state index in [4.69, 9.17) is 4.74 Å². The number of benzene rings is 1. The maximum absolute atomic E-state index is 12.3. The molecule has 0 saturated carbocycles. The normalized spacial score (nSPS) is 13.0. The molecule has 0 aliphatic carbocycles. The van der Waals surface area contributed by atoms with Gasteiger partial charge >= 0.3 is 5.97 Å². The molecule has 0 fully saturated rings. The third kappa shape index (κ3) is 4.09. The SMILES string of the molecule is CCCCC(C)c1ccc(C(=O)OC)c(CC)c1S(C)(=O)=O. The van der Waals surface area contributed by atoms with Crippen molar-refractivity contribution in [1.82, 2.24) is 0 Å². The summed E-state index contributed by atoms with van der Waals surface area (Å²) in [4.78, 5) is 12.2. The van der Waals surface area contributed by atoms with E-state index in [1.807, 2.05) is 13.8 Å². The van der Waals surface area contributed by atoms with Crippen LogP contribution in [0.25, 0.3) is 0 Å². The van der Waals surface area contributed by atoms with Gasteiger partial charge in [0, 0.05) is 6.26 Å². The fourth-order valence-corrected chi connectivity index (χ4v) is 4.19. The van der Waals surface area contributed by atoms with Crippen LogP contribution in [0.2, 0.25) is 0 Å². The molecule has 1 unspecified atom stereocenters. The quantitative estimate of drug-likeness (QED) is 0.716. The molecule has 1 rings (SSSR count). The highest BCUT2D eigenvalue weighted by Gasteiger charge is 2.25. The van der Waals surface area contributed by atoms with Gasteiger partial charge in [0.1, 0.15) is 0 Å². The zero-order valence-electron chi connectivity index (χ0n) is 14.1. The predicted octanol–water partition coefficient (Wildman–Crippen LogP) is 3.73. The van der Waals surface area contributed by atoms with Gasteiger partial charge in [0.15, 0.2) is 9.84 Å². The van der Waals surface area contributed by atoms with E-state index in [1.165, 1.54) is 13.4 Å². The number of esters is 1. The fraction of sp³-hybridized carbons (Fsp3) is 0.588. The van der Waals surface area contributed by atoms with Crippen molar-refractivity contribution in [2.45, 2.75) is 57.3 Å². The first-order chi connectivity index (χ1) is 10.3. The van der Waals surface area contributed by atoms with Crippen molar-refractivity contribution < 1.29 is 17.9 Å². The van der Waals surface area contributed by atoms with Crippen LogP contribution in [0.4, 0.5) is 0 Å². The summed E-state index contributed by atoms with van der Waals surface area (Å²) in [6, 6.07) is 3.46. The lowest BCUT2D eigenvalue weighted by atomic mass is 9.91. The Morgan fingerprint density at radius 3 is 2.36 bits per heavy atom. The predicted molar refractivity (Wildman–Crippen MR) is 88.2 cm³/mol. The van der Waals surface area contributed by atoms with Crippen molar-refractivity contribution in [3.8, 4) is 0 Å². The van der Waals surface area contributed by atoms with Crippen molar-refractivity contribution >= 4 is 15.8 Å². The highest BCUT2D eigenvalue weighted by molar-refractivity contribution is 7.90. The van der Waals surface area contributed by atoms with E-state index >= 15 is 0 Å². The Hall–Kier alpha value is -1.36. The van der Waals surface area contributed by atoms with Crippen molar-refractivity contribution in [2.24, 2.45) is 0 Å². The monoisotopic (exact) mass is 326 g/mol. The third-order valence-electron chi connectivity index (χ3n) is 3.94. The number of rotatable bonds is 7. The molecule has 0 aliphatic rings. The van der Waals surface area contributed by atoms with E-state index in [-0.39, 0.29) is 5.92 Å². The Kier molecular flexibility index (Phi) is 6.60. The molecule has 5 heteroatoms. The number of ether oxygens (including phenoxy) is 1. The number of carbonyl (C=O) groups excluding carboxylic acids is 1. The molecular formula is C17H26O4S. The lowest BCUT2D eigenvalue weighted by Gasteiger charge is -2.20. The van der Waals surface area contributed by atoms with Crippen molar-refractivity contribution in [2.75, 3.05) is 13.4 Å². The fourth-order valence-electron chi connectivity index (χ4n) is 2.79. The zero-order valence-corrected chi connectivity index (χ0v) is 14.9. The van der Waals surface area contributed by atoms with Gasteiger partial charge in [-0.05, 0) is 36.0 Å². The molecule has 0 bridgehead atoms. The summed E-state index contributed by atoms with van der Waals surface area (Å²) < 4.78 is 29.4. The Labute approximate surface area is 133 Å². The minimum Gasteiger partial charge on any atom is -0.465 e. The topological polar surface area (TPSA) is 60.4 Å². The van der Waals surface area contributed by atoms with E-state index < -0.39 is 15.8 Å². The van der Waals surface area contributed by atoms with Crippen LogP contribution in [0, 0.1) is 0 Å². The van der Waals surface area contributed by atoms with Gasteiger partial charge in [0.05, 0.1) is 17.6 Å². The van der Waals surface area contributed by atoms with Crippen molar-refractivity contribution in [3.63, 3.8) is 0 Å². The Morgan fingerprint density at radius 2 is 1.91 bits per heavy atom. The van der Waals surface area contributed by atoms with Crippen LogP contribution in [0.1, 0.15) is 67.4 Å². The number of carbonyl (C=O) groups is 1. The smallest absolute Gasteiger partial charge is 0.338 e. The molecule has 124 valence electrons. The first kappa shape index (κ1) is 18.7. The molecule has 4 nitrogen and oxygen atoms in total. The molecule has 0 radical (unpaired) electrons. The van der Waals surface area contributed by atoms with Gasteiger partial charge in [-0.1, -0.05) is 39.7 Å². The summed E-state index contributed by atoms with van der Waals surface area (Å²) in [6.07, 6.45) is 4.73. The second kappa shape index (κ2) is 7.77. The largest absolute Gasteiger partial charge is 0.465 e. The molecule has 0 spiro atoms. The van der Waals surface area contributed by atoms with Crippen LogP contribution in [-0.2, 0) is 21.0 Å². The summed E-state index contributed by atoms with van der Waals surface area (Å²) in [5, 5.41) is 0. The second-order valence-electron chi connectivity index (χ2n) is 5.67. The number of sulfone groups is 1. The van der Waals surface area contributed by atoms with E-state index in [9.17, 15) is 13.2 Å². The van der Waals surface area contributed by atoms with E-state index in [2.05, 4.69) is 6.92 Å². The van der Waals surface area contributed by atoms with Gasteiger partial charge in [-0.3, -0.25) is 0 Å². The van der Waals surface area contributed by atoms with Gasteiger partial charge in [0.25, 0.3) is 0 Å². The number of hydrogen-bond acceptors (Lipinski definition) is 4. The Morgan fingerprint density at radius 1 is 1.27 bits per heavy atom. The third-order valence-corrected chi connectivity index (χ3v) is 5.17. The second-order valence-corrected chi connectivity index (χ2v) is 7.62. The molecule has 0 aromatic heterocycles. The minimum atomic E-state index is -3.42. The molecule has 0 aliphatic heterocycles. The Bertz CT molecular complexity index is 632. The van der Waals surface area contributed by atoms with Crippen LogP contribution < -0.4 is 0 Å². The minimum absolute atomic E-state index is 0.140. The lowest BCUT2D eigenvalue weighted by molar-refractivity contribution is 0.0599. The number of methoxy groups -OCH3 is 1. The highest BCUT2D eigenvalue weighted by Crippen LogP contribution is 2.33. The van der Waals surface area contributed by atoms with Gasteiger partial charge < -0.3 is 4.74 Å². The maximum atomic E-state index is 12.3. The zero-order chi connectivity index (χ0) is 16.9. The molecule has 22 heavy (non-hydrogen) atoms. The van der Waals surface area contributed by atoms with Crippen LogP contribution in [0.15, 0.2) is 17.0 Å². The van der Waals surface area contributed by atoms with Crippen molar-refractivity contribution in [3.05, 3.63) is 28.8 Å². The van der Waals surface area contributed by atoms with Crippen molar-refractivity contribution in [1.29, 1.82) is 0 Å². The maximum Gasteiger partial charge on any atom is 0.338 e. The van der Waals surface area contributed by atoms with Crippen LogP contribution in [0.5, 0.6) is 0 Å². The molecule has 1 atom stereocenters. The average molecular weight is 326 g/mol.